The third-order valence-corrected chi connectivity index (χ3v) is 3.60. The Morgan fingerprint density at radius 1 is 1.35 bits per heavy atom. The van der Waals surface area contributed by atoms with Crippen molar-refractivity contribution in [2.24, 2.45) is 0 Å². The van der Waals surface area contributed by atoms with Gasteiger partial charge in [-0.15, -0.1) is 0 Å². The molecule has 3 heteroatoms. The minimum atomic E-state index is 0.478. The smallest absolute Gasteiger partial charge is 0.123 e. The van der Waals surface area contributed by atoms with Gasteiger partial charge in [-0.1, -0.05) is 29.8 Å². The van der Waals surface area contributed by atoms with E-state index in [0.29, 0.717) is 5.92 Å². The molecule has 1 aromatic carbocycles. The SMILES string of the molecule is CNCCCOc1cc(C)c(Br)cc1C(C)C. The molecule has 2 nitrogen and oxygen atoms in total. The van der Waals surface area contributed by atoms with E-state index in [0.717, 1.165) is 29.8 Å². The quantitative estimate of drug-likeness (QED) is 0.805. The van der Waals surface area contributed by atoms with Crippen molar-refractivity contribution < 1.29 is 4.74 Å². The van der Waals surface area contributed by atoms with E-state index in [1.165, 1.54) is 11.1 Å². The number of ether oxygens (including phenoxy) is 1. The minimum absolute atomic E-state index is 0.478. The summed E-state index contributed by atoms with van der Waals surface area (Å²) in [6.07, 6.45) is 1.03. The number of rotatable bonds is 6. The first kappa shape index (κ1) is 14.5. The highest BCUT2D eigenvalue weighted by molar-refractivity contribution is 9.10. The molecule has 0 saturated carbocycles. The molecule has 1 rings (SSSR count). The fraction of sp³-hybridized carbons (Fsp3) is 0.571. The van der Waals surface area contributed by atoms with Crippen LogP contribution in [0.1, 0.15) is 37.3 Å². The minimum Gasteiger partial charge on any atom is -0.493 e. The second-order valence-corrected chi connectivity index (χ2v) is 5.45. The molecule has 17 heavy (non-hydrogen) atoms. The predicted molar refractivity (Wildman–Crippen MR) is 77.0 cm³/mol. The van der Waals surface area contributed by atoms with Crippen LogP contribution in [-0.2, 0) is 0 Å². The summed E-state index contributed by atoms with van der Waals surface area (Å²) in [5.74, 6) is 1.50. The van der Waals surface area contributed by atoms with Gasteiger partial charge in [-0.05, 0) is 56.1 Å². The molecule has 0 atom stereocenters. The summed E-state index contributed by atoms with van der Waals surface area (Å²) in [6, 6.07) is 4.30. The molecule has 0 heterocycles. The fourth-order valence-corrected chi connectivity index (χ4v) is 2.04. The molecule has 0 unspecified atom stereocenters. The van der Waals surface area contributed by atoms with Crippen molar-refractivity contribution in [1.82, 2.24) is 5.32 Å². The van der Waals surface area contributed by atoms with Gasteiger partial charge in [0.2, 0.25) is 0 Å². The van der Waals surface area contributed by atoms with Crippen LogP contribution >= 0.6 is 15.9 Å². The number of hydrogen-bond donors (Lipinski definition) is 1. The summed E-state index contributed by atoms with van der Waals surface area (Å²) in [5, 5.41) is 3.12. The highest BCUT2D eigenvalue weighted by Crippen LogP contribution is 2.32. The van der Waals surface area contributed by atoms with Crippen molar-refractivity contribution in [2.75, 3.05) is 20.2 Å². The molecular formula is C14H22BrNO. The van der Waals surface area contributed by atoms with Crippen LogP contribution in [0.25, 0.3) is 0 Å². The van der Waals surface area contributed by atoms with Crippen molar-refractivity contribution >= 4 is 15.9 Å². The van der Waals surface area contributed by atoms with Gasteiger partial charge in [0.1, 0.15) is 5.75 Å². The Balaban J connectivity index is 2.78. The maximum absolute atomic E-state index is 5.88. The Labute approximate surface area is 113 Å². The zero-order valence-corrected chi connectivity index (χ0v) is 12.7. The lowest BCUT2D eigenvalue weighted by molar-refractivity contribution is 0.305. The summed E-state index contributed by atoms with van der Waals surface area (Å²) in [4.78, 5) is 0. The Bertz CT molecular complexity index is 363. The number of benzene rings is 1. The summed E-state index contributed by atoms with van der Waals surface area (Å²) in [6.45, 7) is 8.23. The molecule has 96 valence electrons. The van der Waals surface area contributed by atoms with Crippen LogP contribution < -0.4 is 10.1 Å². The molecule has 0 radical (unpaired) electrons. The van der Waals surface area contributed by atoms with Crippen LogP contribution in [0.4, 0.5) is 0 Å². The molecule has 1 aromatic rings. The zero-order chi connectivity index (χ0) is 12.8. The Hall–Kier alpha value is -0.540. The van der Waals surface area contributed by atoms with Crippen LogP contribution in [0, 0.1) is 6.92 Å². The molecular weight excluding hydrogens is 278 g/mol. The lowest BCUT2D eigenvalue weighted by Gasteiger charge is -2.16. The first-order valence-electron chi connectivity index (χ1n) is 6.13. The highest BCUT2D eigenvalue weighted by atomic mass is 79.9. The summed E-state index contributed by atoms with van der Waals surface area (Å²) >= 11 is 3.58. The maximum Gasteiger partial charge on any atom is 0.123 e. The van der Waals surface area contributed by atoms with E-state index in [4.69, 9.17) is 4.74 Å². The van der Waals surface area contributed by atoms with Gasteiger partial charge in [0, 0.05) is 4.47 Å². The average Bonchev–Trinajstić information content (AvgIpc) is 2.28. The van der Waals surface area contributed by atoms with Crippen LogP contribution in [0.5, 0.6) is 5.75 Å². The first-order chi connectivity index (χ1) is 8.06. The fourth-order valence-electron chi connectivity index (χ4n) is 1.68. The van der Waals surface area contributed by atoms with Gasteiger partial charge in [0.25, 0.3) is 0 Å². The van der Waals surface area contributed by atoms with Crippen LogP contribution in [0.3, 0.4) is 0 Å². The zero-order valence-electron chi connectivity index (χ0n) is 11.1. The molecule has 0 aliphatic rings. The van der Waals surface area contributed by atoms with E-state index in [2.05, 4.69) is 54.2 Å². The number of halogens is 1. The van der Waals surface area contributed by atoms with Gasteiger partial charge in [-0.3, -0.25) is 0 Å². The molecule has 0 spiro atoms. The van der Waals surface area contributed by atoms with Crippen molar-refractivity contribution in [2.45, 2.75) is 33.1 Å². The summed E-state index contributed by atoms with van der Waals surface area (Å²) in [7, 11) is 1.96. The van der Waals surface area contributed by atoms with E-state index in [1.807, 2.05) is 7.05 Å². The van der Waals surface area contributed by atoms with E-state index < -0.39 is 0 Å². The molecule has 0 amide bonds. The van der Waals surface area contributed by atoms with Gasteiger partial charge >= 0.3 is 0 Å². The van der Waals surface area contributed by atoms with E-state index in [1.54, 1.807) is 0 Å². The van der Waals surface area contributed by atoms with Crippen molar-refractivity contribution in [1.29, 1.82) is 0 Å². The largest absolute Gasteiger partial charge is 0.493 e. The van der Waals surface area contributed by atoms with Crippen molar-refractivity contribution in [3.05, 3.63) is 27.7 Å². The maximum atomic E-state index is 5.88. The molecule has 1 N–H and O–H groups in total. The second kappa shape index (κ2) is 7.02. The predicted octanol–water partition coefficient (Wildman–Crippen LogP) is 3.87. The highest BCUT2D eigenvalue weighted by Gasteiger charge is 2.10. The van der Waals surface area contributed by atoms with Gasteiger partial charge in [-0.25, -0.2) is 0 Å². The van der Waals surface area contributed by atoms with E-state index in [-0.39, 0.29) is 0 Å². The Morgan fingerprint density at radius 2 is 2.06 bits per heavy atom. The Morgan fingerprint density at radius 3 is 2.65 bits per heavy atom. The van der Waals surface area contributed by atoms with Gasteiger partial charge in [0.15, 0.2) is 0 Å². The molecule has 0 aliphatic heterocycles. The molecule has 0 fully saturated rings. The standard InChI is InChI=1S/C14H22BrNO/c1-10(2)12-9-13(15)11(3)8-14(12)17-7-5-6-16-4/h8-10,16H,5-7H2,1-4H3. The lowest BCUT2D eigenvalue weighted by atomic mass is 10.0. The van der Waals surface area contributed by atoms with Gasteiger partial charge < -0.3 is 10.1 Å². The van der Waals surface area contributed by atoms with Crippen molar-refractivity contribution in [3.8, 4) is 5.75 Å². The molecule has 0 bridgehead atoms. The van der Waals surface area contributed by atoms with Gasteiger partial charge in [0.05, 0.1) is 6.61 Å². The first-order valence-corrected chi connectivity index (χ1v) is 6.93. The number of hydrogen-bond acceptors (Lipinski definition) is 2. The normalized spacial score (nSPS) is 10.9. The lowest BCUT2D eigenvalue weighted by Crippen LogP contribution is -2.12. The van der Waals surface area contributed by atoms with Crippen LogP contribution in [0.2, 0.25) is 0 Å². The summed E-state index contributed by atoms with van der Waals surface area (Å²) < 4.78 is 7.03. The number of aryl methyl sites for hydroxylation is 1. The monoisotopic (exact) mass is 299 g/mol. The topological polar surface area (TPSA) is 21.3 Å². The Kier molecular flexibility index (Phi) is 6.00. The van der Waals surface area contributed by atoms with Crippen LogP contribution in [-0.4, -0.2) is 20.2 Å². The average molecular weight is 300 g/mol. The summed E-state index contributed by atoms with van der Waals surface area (Å²) in [5.41, 5.74) is 2.49. The van der Waals surface area contributed by atoms with Gasteiger partial charge in [-0.2, -0.15) is 0 Å². The van der Waals surface area contributed by atoms with Crippen molar-refractivity contribution in [3.63, 3.8) is 0 Å². The van der Waals surface area contributed by atoms with Crippen LogP contribution in [0.15, 0.2) is 16.6 Å². The molecule has 0 aliphatic carbocycles. The third-order valence-electron chi connectivity index (χ3n) is 2.74. The molecule has 0 saturated heterocycles. The second-order valence-electron chi connectivity index (χ2n) is 4.60. The van der Waals surface area contributed by atoms with E-state index >= 15 is 0 Å². The number of nitrogens with one attached hydrogen (secondary N) is 1. The molecule has 0 aromatic heterocycles. The third kappa shape index (κ3) is 4.32. The van der Waals surface area contributed by atoms with E-state index in [9.17, 15) is 0 Å².